The van der Waals surface area contributed by atoms with Crippen LogP contribution in [0.25, 0.3) is 0 Å². The standard InChI is InChI=1S/C23H46N2O/c1-2-3-4-5-6-7-8-9-10-11-12-13-14-15-17-20-23(26)25-22-19-16-18-21-24/h9-10H,2-8,11-22,24H2,1H3,(H,25,26). The summed E-state index contributed by atoms with van der Waals surface area (Å²) in [5.41, 5.74) is 5.45. The molecule has 3 nitrogen and oxygen atoms in total. The molecular weight excluding hydrogens is 320 g/mol. The second-order valence-electron chi connectivity index (χ2n) is 7.53. The Morgan fingerprint density at radius 1 is 0.731 bits per heavy atom. The summed E-state index contributed by atoms with van der Waals surface area (Å²) in [7, 11) is 0. The molecule has 0 aromatic rings. The van der Waals surface area contributed by atoms with E-state index in [0.29, 0.717) is 6.42 Å². The Labute approximate surface area is 163 Å². The summed E-state index contributed by atoms with van der Waals surface area (Å²) in [5, 5.41) is 3.00. The Morgan fingerprint density at radius 3 is 1.88 bits per heavy atom. The van der Waals surface area contributed by atoms with Gasteiger partial charge < -0.3 is 11.1 Å². The molecule has 0 spiro atoms. The molecule has 0 aliphatic carbocycles. The van der Waals surface area contributed by atoms with E-state index in [2.05, 4.69) is 24.4 Å². The molecule has 0 rings (SSSR count). The lowest BCUT2D eigenvalue weighted by atomic mass is 10.1. The molecule has 154 valence electrons. The molecule has 0 aliphatic heterocycles. The molecule has 0 fully saturated rings. The molecule has 0 radical (unpaired) electrons. The minimum absolute atomic E-state index is 0.218. The molecule has 0 aromatic carbocycles. The van der Waals surface area contributed by atoms with Gasteiger partial charge in [0.2, 0.25) is 5.91 Å². The highest BCUT2D eigenvalue weighted by molar-refractivity contribution is 5.75. The molecule has 26 heavy (non-hydrogen) atoms. The molecule has 0 saturated heterocycles. The number of nitrogens with two attached hydrogens (primary N) is 1. The molecule has 0 bridgehead atoms. The van der Waals surface area contributed by atoms with Gasteiger partial charge in [-0.2, -0.15) is 0 Å². The molecule has 1 amide bonds. The summed E-state index contributed by atoms with van der Waals surface area (Å²) in [6, 6.07) is 0. The van der Waals surface area contributed by atoms with Gasteiger partial charge in [-0.25, -0.2) is 0 Å². The molecule has 0 aliphatic rings. The van der Waals surface area contributed by atoms with Crippen molar-refractivity contribution in [2.24, 2.45) is 5.73 Å². The largest absolute Gasteiger partial charge is 0.356 e. The molecular formula is C23H46N2O. The number of hydrogen-bond donors (Lipinski definition) is 2. The summed E-state index contributed by atoms with van der Waals surface area (Å²) < 4.78 is 0. The number of carbonyl (C=O) groups is 1. The van der Waals surface area contributed by atoms with Crippen LogP contribution < -0.4 is 11.1 Å². The molecule has 0 atom stereocenters. The average Bonchev–Trinajstić information content (AvgIpc) is 2.64. The minimum atomic E-state index is 0.218. The van der Waals surface area contributed by atoms with Crippen LogP contribution in [0.5, 0.6) is 0 Å². The van der Waals surface area contributed by atoms with Crippen LogP contribution in [0.1, 0.15) is 116 Å². The van der Waals surface area contributed by atoms with Crippen molar-refractivity contribution in [3.8, 4) is 0 Å². The van der Waals surface area contributed by atoms with E-state index in [4.69, 9.17) is 5.73 Å². The van der Waals surface area contributed by atoms with Gasteiger partial charge in [0.05, 0.1) is 0 Å². The van der Waals surface area contributed by atoms with Crippen LogP contribution in [-0.4, -0.2) is 19.0 Å². The number of hydrogen-bond acceptors (Lipinski definition) is 2. The number of allylic oxidation sites excluding steroid dienone is 2. The number of unbranched alkanes of at least 4 members (excludes halogenated alkanes) is 13. The summed E-state index contributed by atoms with van der Waals surface area (Å²) in [5.74, 6) is 0.218. The van der Waals surface area contributed by atoms with Crippen LogP contribution >= 0.6 is 0 Å². The summed E-state index contributed by atoms with van der Waals surface area (Å²) in [6.07, 6.45) is 25.5. The van der Waals surface area contributed by atoms with Crippen molar-refractivity contribution in [2.75, 3.05) is 13.1 Å². The lowest BCUT2D eigenvalue weighted by molar-refractivity contribution is -0.121. The van der Waals surface area contributed by atoms with Gasteiger partial charge in [-0.1, -0.05) is 76.9 Å². The zero-order valence-corrected chi connectivity index (χ0v) is 17.6. The third kappa shape index (κ3) is 21.2. The predicted molar refractivity (Wildman–Crippen MR) is 115 cm³/mol. The normalized spacial score (nSPS) is 11.3. The fourth-order valence-corrected chi connectivity index (χ4v) is 3.12. The van der Waals surface area contributed by atoms with Gasteiger partial charge in [0.25, 0.3) is 0 Å². The van der Waals surface area contributed by atoms with Gasteiger partial charge in [-0.15, -0.1) is 0 Å². The summed E-state index contributed by atoms with van der Waals surface area (Å²) in [4.78, 5) is 11.7. The van der Waals surface area contributed by atoms with Crippen molar-refractivity contribution in [2.45, 2.75) is 116 Å². The van der Waals surface area contributed by atoms with Crippen LogP contribution in [-0.2, 0) is 4.79 Å². The number of carbonyl (C=O) groups excluding carboxylic acids is 1. The van der Waals surface area contributed by atoms with Crippen LogP contribution in [0, 0.1) is 0 Å². The monoisotopic (exact) mass is 366 g/mol. The maximum atomic E-state index is 11.7. The van der Waals surface area contributed by atoms with E-state index in [-0.39, 0.29) is 5.91 Å². The zero-order chi connectivity index (χ0) is 19.1. The second-order valence-corrected chi connectivity index (χ2v) is 7.53. The first-order valence-electron chi connectivity index (χ1n) is 11.4. The summed E-state index contributed by atoms with van der Waals surface area (Å²) in [6.45, 7) is 3.83. The van der Waals surface area contributed by atoms with Crippen molar-refractivity contribution in [3.63, 3.8) is 0 Å². The maximum absolute atomic E-state index is 11.7. The van der Waals surface area contributed by atoms with Crippen molar-refractivity contribution >= 4 is 5.91 Å². The average molecular weight is 367 g/mol. The quantitative estimate of drug-likeness (QED) is 0.197. The van der Waals surface area contributed by atoms with Crippen molar-refractivity contribution in [3.05, 3.63) is 12.2 Å². The number of nitrogens with one attached hydrogen (secondary N) is 1. The van der Waals surface area contributed by atoms with Gasteiger partial charge in [0.15, 0.2) is 0 Å². The lowest BCUT2D eigenvalue weighted by Crippen LogP contribution is -2.24. The minimum Gasteiger partial charge on any atom is -0.356 e. The molecule has 0 heterocycles. The third-order valence-electron chi connectivity index (χ3n) is 4.87. The molecule has 0 aromatic heterocycles. The van der Waals surface area contributed by atoms with Crippen LogP contribution in [0.15, 0.2) is 12.2 Å². The van der Waals surface area contributed by atoms with Crippen LogP contribution in [0.4, 0.5) is 0 Å². The van der Waals surface area contributed by atoms with E-state index < -0.39 is 0 Å². The van der Waals surface area contributed by atoms with E-state index >= 15 is 0 Å². The van der Waals surface area contributed by atoms with Crippen molar-refractivity contribution in [1.29, 1.82) is 0 Å². The van der Waals surface area contributed by atoms with E-state index in [1.165, 1.54) is 77.0 Å². The van der Waals surface area contributed by atoms with Gasteiger partial charge in [0.1, 0.15) is 0 Å². The number of amides is 1. The zero-order valence-electron chi connectivity index (χ0n) is 17.6. The van der Waals surface area contributed by atoms with Gasteiger partial charge in [-0.05, 0) is 51.5 Å². The topological polar surface area (TPSA) is 55.1 Å². The van der Waals surface area contributed by atoms with E-state index in [9.17, 15) is 4.79 Å². The predicted octanol–water partition coefficient (Wildman–Crippen LogP) is 6.27. The van der Waals surface area contributed by atoms with Gasteiger partial charge in [-0.3, -0.25) is 4.79 Å². The third-order valence-corrected chi connectivity index (χ3v) is 4.87. The van der Waals surface area contributed by atoms with E-state index in [0.717, 1.165) is 38.8 Å². The fourth-order valence-electron chi connectivity index (χ4n) is 3.12. The van der Waals surface area contributed by atoms with E-state index in [1.807, 2.05) is 0 Å². The molecule has 3 N–H and O–H groups in total. The lowest BCUT2D eigenvalue weighted by Gasteiger charge is -2.05. The van der Waals surface area contributed by atoms with Gasteiger partial charge in [0, 0.05) is 13.0 Å². The Balaban J connectivity index is 3.18. The van der Waals surface area contributed by atoms with Gasteiger partial charge >= 0.3 is 0 Å². The molecule has 3 heteroatoms. The molecule has 0 saturated carbocycles. The maximum Gasteiger partial charge on any atom is 0.219 e. The van der Waals surface area contributed by atoms with Crippen LogP contribution in [0.2, 0.25) is 0 Å². The highest BCUT2D eigenvalue weighted by Gasteiger charge is 2.00. The number of rotatable bonds is 20. The molecule has 0 unspecified atom stereocenters. The highest BCUT2D eigenvalue weighted by atomic mass is 16.1. The first-order valence-corrected chi connectivity index (χ1v) is 11.4. The Bertz CT molecular complexity index is 315. The Hall–Kier alpha value is -0.830. The smallest absolute Gasteiger partial charge is 0.219 e. The summed E-state index contributed by atoms with van der Waals surface area (Å²) >= 11 is 0. The van der Waals surface area contributed by atoms with E-state index in [1.54, 1.807) is 0 Å². The first kappa shape index (κ1) is 25.2. The van der Waals surface area contributed by atoms with Crippen molar-refractivity contribution in [1.82, 2.24) is 5.32 Å². The van der Waals surface area contributed by atoms with Crippen molar-refractivity contribution < 1.29 is 4.79 Å². The Morgan fingerprint density at radius 2 is 1.27 bits per heavy atom. The van der Waals surface area contributed by atoms with Crippen LogP contribution in [0.3, 0.4) is 0 Å². The highest BCUT2D eigenvalue weighted by Crippen LogP contribution is 2.10. The fraction of sp³-hybridized carbons (Fsp3) is 0.870. The first-order chi connectivity index (χ1) is 12.8. The Kier molecular flexibility index (Phi) is 21.5. The second kappa shape index (κ2) is 22.2. The SMILES string of the molecule is CCCCCCCCC=CCCCCCCCC(=O)NCCCCCN.